The van der Waals surface area contributed by atoms with Crippen LogP contribution in [0.15, 0.2) is 18.2 Å². The fraction of sp³-hybridized carbons (Fsp3) is 0.654. The Morgan fingerprint density at radius 3 is 2.32 bits per heavy atom. The van der Waals surface area contributed by atoms with E-state index in [9.17, 15) is 18.8 Å². The molecule has 2 fully saturated rings. The average Bonchev–Trinajstić information content (AvgIpc) is 3.09. The summed E-state index contributed by atoms with van der Waals surface area (Å²) in [4.78, 5) is 41.8. The summed E-state index contributed by atoms with van der Waals surface area (Å²) in [5, 5.41) is 0.529. The molecular weight excluding hydrogens is 435 g/mol. The van der Waals surface area contributed by atoms with Crippen LogP contribution >= 0.6 is 0 Å². The molecule has 1 aliphatic carbocycles. The highest BCUT2D eigenvalue weighted by Crippen LogP contribution is 2.43. The van der Waals surface area contributed by atoms with E-state index in [1.54, 1.807) is 11.0 Å². The highest BCUT2D eigenvalue weighted by Gasteiger charge is 2.43. The van der Waals surface area contributed by atoms with Crippen LogP contribution in [0.5, 0.6) is 0 Å². The lowest BCUT2D eigenvalue weighted by molar-refractivity contribution is -0.145. The number of amides is 3. The minimum atomic E-state index is -0.826. The molecule has 3 aliphatic rings. The van der Waals surface area contributed by atoms with E-state index in [-0.39, 0.29) is 18.4 Å². The third-order valence-electron chi connectivity index (χ3n) is 8.21. The third-order valence-corrected chi connectivity index (χ3v) is 8.21. The van der Waals surface area contributed by atoms with E-state index in [0.29, 0.717) is 22.3 Å². The molecule has 0 bridgehead atoms. The summed E-state index contributed by atoms with van der Waals surface area (Å²) in [6, 6.07) is 4.97. The van der Waals surface area contributed by atoms with Crippen LogP contribution in [0, 0.1) is 17.7 Å². The monoisotopic (exact) mass is 472 g/mol. The first-order valence-electron chi connectivity index (χ1n) is 12.6. The summed E-state index contributed by atoms with van der Waals surface area (Å²) in [6.07, 6.45) is 6.52. The van der Waals surface area contributed by atoms with Crippen molar-refractivity contribution in [2.75, 3.05) is 18.0 Å². The van der Waals surface area contributed by atoms with Crippen LogP contribution in [0.1, 0.15) is 77.2 Å². The number of halogens is 1. The van der Waals surface area contributed by atoms with E-state index in [1.807, 2.05) is 0 Å². The summed E-state index contributed by atoms with van der Waals surface area (Å²) >= 11 is 0. The maximum atomic E-state index is 14.1. The second-order valence-corrected chi connectivity index (χ2v) is 10.5. The van der Waals surface area contributed by atoms with Crippen LogP contribution in [0.25, 0.3) is 0 Å². The van der Waals surface area contributed by atoms with E-state index in [2.05, 4.69) is 18.7 Å². The molecule has 3 amide bonds. The van der Waals surface area contributed by atoms with Crippen molar-refractivity contribution < 1.29 is 18.8 Å². The molecule has 8 heteroatoms. The van der Waals surface area contributed by atoms with Crippen LogP contribution in [-0.4, -0.2) is 52.8 Å². The topological polar surface area (TPSA) is 86.9 Å². The van der Waals surface area contributed by atoms with Gasteiger partial charge in [-0.3, -0.25) is 14.4 Å². The molecule has 4 rings (SSSR count). The number of hydrogen-bond donors (Lipinski definition) is 1. The molecule has 0 radical (unpaired) electrons. The normalized spacial score (nSPS) is 26.1. The van der Waals surface area contributed by atoms with Crippen molar-refractivity contribution in [3.8, 4) is 0 Å². The van der Waals surface area contributed by atoms with Gasteiger partial charge in [-0.1, -0.05) is 13.8 Å². The number of rotatable bonds is 5. The van der Waals surface area contributed by atoms with Crippen molar-refractivity contribution >= 4 is 23.4 Å². The lowest BCUT2D eigenvalue weighted by atomic mass is 9.79. The van der Waals surface area contributed by atoms with Gasteiger partial charge in [0.25, 0.3) is 0 Å². The summed E-state index contributed by atoms with van der Waals surface area (Å²) in [5.41, 5.74) is 1.18. The summed E-state index contributed by atoms with van der Waals surface area (Å²) in [5.74, 6) is 4.41. The van der Waals surface area contributed by atoms with Crippen molar-refractivity contribution in [1.29, 1.82) is 0 Å². The van der Waals surface area contributed by atoms with Gasteiger partial charge in [0.15, 0.2) is 0 Å². The Morgan fingerprint density at radius 1 is 1.09 bits per heavy atom. The third kappa shape index (κ3) is 4.89. The molecule has 0 spiro atoms. The zero-order chi connectivity index (χ0) is 24.6. The number of nitrogens with zero attached hydrogens (tertiary/aromatic N) is 3. The zero-order valence-electron chi connectivity index (χ0n) is 20.5. The average molecular weight is 473 g/mol. The Bertz CT molecular complexity index is 936. The lowest BCUT2D eigenvalue weighted by Gasteiger charge is -2.43. The molecule has 1 saturated heterocycles. The smallest absolute Gasteiger partial charge is 0.244 e. The number of hydrogen-bond acceptors (Lipinski definition) is 5. The van der Waals surface area contributed by atoms with Gasteiger partial charge in [0.05, 0.1) is 5.92 Å². The largest absolute Gasteiger partial charge is 0.308 e. The number of carbonyl (C=O) groups excluding carboxylic acids is 3. The molecule has 1 aromatic carbocycles. The zero-order valence-corrected chi connectivity index (χ0v) is 20.5. The van der Waals surface area contributed by atoms with Crippen molar-refractivity contribution in [3.63, 3.8) is 0 Å². The molecule has 2 aliphatic heterocycles. The van der Waals surface area contributed by atoms with E-state index in [4.69, 9.17) is 5.84 Å². The number of likely N-dealkylation sites (tertiary alicyclic amines) is 1. The van der Waals surface area contributed by atoms with Crippen LogP contribution in [-0.2, 0) is 14.4 Å². The van der Waals surface area contributed by atoms with Gasteiger partial charge >= 0.3 is 0 Å². The number of carbonyl (C=O) groups is 3. The minimum absolute atomic E-state index is 0.0156. The molecule has 2 heterocycles. The molecule has 1 atom stereocenters. The van der Waals surface area contributed by atoms with Crippen molar-refractivity contribution in [2.24, 2.45) is 17.7 Å². The van der Waals surface area contributed by atoms with Crippen molar-refractivity contribution in [2.45, 2.75) is 83.7 Å². The molecule has 0 aromatic heterocycles. The van der Waals surface area contributed by atoms with Crippen molar-refractivity contribution in [1.82, 2.24) is 9.91 Å². The first-order chi connectivity index (χ1) is 16.2. The quantitative estimate of drug-likeness (QED) is 0.402. The van der Waals surface area contributed by atoms with Gasteiger partial charge < -0.3 is 9.80 Å². The van der Waals surface area contributed by atoms with Crippen LogP contribution in [0.4, 0.5) is 10.1 Å². The standard InChI is InChI=1S/C26H37FN4O3/c1-16(2)18-4-7-20(8-5-18)29-12-10-21(11-13-29)30-24-9-6-19(27)14-22(24)23(26(30)34)15-25(33)31(28)17(3)32/h6,9,14,16,18,20-21,23H,4-5,7-8,10-13,15,28H2,1-3H3. The fourth-order valence-electron chi connectivity index (χ4n) is 6.11. The molecule has 186 valence electrons. The van der Waals surface area contributed by atoms with Gasteiger partial charge in [0, 0.05) is 44.2 Å². The number of benzene rings is 1. The predicted octanol–water partition coefficient (Wildman–Crippen LogP) is 3.57. The van der Waals surface area contributed by atoms with Crippen LogP contribution in [0.3, 0.4) is 0 Å². The molecule has 1 saturated carbocycles. The van der Waals surface area contributed by atoms with Gasteiger partial charge in [0.2, 0.25) is 17.7 Å². The van der Waals surface area contributed by atoms with Gasteiger partial charge in [-0.05, 0) is 74.1 Å². The molecule has 2 N–H and O–H groups in total. The highest BCUT2D eigenvalue weighted by atomic mass is 19.1. The highest BCUT2D eigenvalue weighted by molar-refractivity contribution is 6.08. The lowest BCUT2D eigenvalue weighted by Crippen LogP contribution is -2.50. The number of fused-ring (bicyclic) bond motifs is 1. The number of piperidine rings is 1. The Balaban J connectivity index is 1.44. The summed E-state index contributed by atoms with van der Waals surface area (Å²) in [7, 11) is 0. The Kier molecular flexibility index (Phi) is 7.38. The SMILES string of the molecule is CC(=O)N(N)C(=O)CC1C(=O)N(C2CCN(C3CCC(C(C)C)CC3)CC2)c2ccc(F)cc21. The Morgan fingerprint density at radius 2 is 1.74 bits per heavy atom. The summed E-state index contributed by atoms with van der Waals surface area (Å²) in [6.45, 7) is 7.70. The molecule has 34 heavy (non-hydrogen) atoms. The maximum Gasteiger partial charge on any atom is 0.244 e. The van der Waals surface area contributed by atoms with Gasteiger partial charge in [-0.2, -0.15) is 0 Å². The predicted molar refractivity (Wildman–Crippen MR) is 128 cm³/mol. The maximum absolute atomic E-state index is 14.1. The number of imide groups is 1. The number of nitrogens with two attached hydrogens (primary N) is 1. The minimum Gasteiger partial charge on any atom is -0.308 e. The Labute approximate surface area is 201 Å². The second-order valence-electron chi connectivity index (χ2n) is 10.5. The fourth-order valence-corrected chi connectivity index (χ4v) is 6.11. The Hall–Kier alpha value is -2.32. The first-order valence-corrected chi connectivity index (χ1v) is 12.6. The first kappa shape index (κ1) is 24.8. The van der Waals surface area contributed by atoms with Crippen LogP contribution in [0.2, 0.25) is 0 Å². The molecule has 7 nitrogen and oxygen atoms in total. The number of hydrazine groups is 1. The van der Waals surface area contributed by atoms with Gasteiger partial charge in [-0.15, -0.1) is 0 Å². The molecular formula is C26H37FN4O3. The molecule has 1 unspecified atom stereocenters. The van der Waals surface area contributed by atoms with Gasteiger partial charge in [0.1, 0.15) is 5.82 Å². The van der Waals surface area contributed by atoms with Crippen LogP contribution < -0.4 is 10.7 Å². The summed E-state index contributed by atoms with van der Waals surface area (Å²) < 4.78 is 14.1. The second kappa shape index (κ2) is 10.1. The molecule has 1 aromatic rings. The van der Waals surface area contributed by atoms with E-state index in [0.717, 1.165) is 37.8 Å². The van der Waals surface area contributed by atoms with E-state index < -0.39 is 23.5 Å². The van der Waals surface area contributed by atoms with Gasteiger partial charge in [-0.25, -0.2) is 15.2 Å². The number of anilines is 1. The van der Waals surface area contributed by atoms with Crippen molar-refractivity contribution in [3.05, 3.63) is 29.6 Å². The van der Waals surface area contributed by atoms with E-state index >= 15 is 0 Å². The van der Waals surface area contributed by atoms with E-state index in [1.165, 1.54) is 44.7 Å².